The Labute approximate surface area is 328 Å². The number of nitriles is 1. The van der Waals surface area contributed by atoms with E-state index in [4.69, 9.17) is 31.1 Å². The highest BCUT2D eigenvalue weighted by Gasteiger charge is 2.29. The fourth-order valence-corrected chi connectivity index (χ4v) is 9.78. The average molecular weight is 871 g/mol. The zero-order valence-corrected chi connectivity index (χ0v) is 34.0. The van der Waals surface area contributed by atoms with Crippen LogP contribution in [0.2, 0.25) is 10.0 Å². The maximum atomic E-state index is 14.9. The fraction of sp³-hybridized carbons (Fsp3) is 0.350. The summed E-state index contributed by atoms with van der Waals surface area (Å²) in [5, 5.41) is 16.1. The number of amidine groups is 1. The summed E-state index contributed by atoms with van der Waals surface area (Å²) in [6, 6.07) is 23.7. The third-order valence-corrected chi connectivity index (χ3v) is 13.3. The van der Waals surface area contributed by atoms with E-state index in [1.54, 1.807) is 13.4 Å². The van der Waals surface area contributed by atoms with Crippen LogP contribution in [-0.2, 0) is 17.2 Å². The first-order chi connectivity index (χ1) is 25.2. The smallest absolute Gasteiger partial charge is 0.255 e. The molecule has 0 saturated carbocycles. The molecule has 2 aliphatic rings. The lowest BCUT2D eigenvalue weighted by Crippen LogP contribution is -2.42. The zero-order chi connectivity index (χ0) is 36.8. The standard InChI is InChI=1S/C40H42Cl2IN5O3S/c1-4-32-30(22-44)19-28-7-5-6-8-34(28)39(32)40(49)48(24-38-45-25-43-46-38)23-29(27-9-12-35(41)36(42)20-27)15-18-47-16-13-26(14-17-47)33-11-10-31(51-2)21-37(33)52(3)50/h5-12,19-21,25-26,29H,4,13-18,23-24H2,1-3H3,(H,45,46)/t29-,52-/m1/s1. The predicted octanol–water partition coefficient (Wildman–Crippen LogP) is 8.47. The van der Waals surface area contributed by atoms with Crippen LogP contribution in [0.3, 0.4) is 0 Å². The molecule has 0 unspecified atom stereocenters. The molecule has 0 aromatic heterocycles. The van der Waals surface area contributed by atoms with Crippen LogP contribution in [0.1, 0.15) is 70.6 Å². The third-order valence-electron chi connectivity index (χ3n) is 10.1. The zero-order valence-electron chi connectivity index (χ0n) is 29.5. The second kappa shape index (κ2) is 17.7. The minimum atomic E-state index is -1.11. The molecule has 1 fully saturated rings. The number of hydrogen-bond acceptors (Lipinski definition) is 7. The first kappa shape index (κ1) is 38.4. The molecule has 2 heterocycles. The van der Waals surface area contributed by atoms with E-state index in [0.29, 0.717) is 46.6 Å². The van der Waals surface area contributed by atoms with E-state index in [1.165, 1.54) is 0 Å². The number of benzene rings is 4. The molecule has 1 saturated heterocycles. The summed E-state index contributed by atoms with van der Waals surface area (Å²) in [7, 11) is 0.521. The number of amides is 1. The van der Waals surface area contributed by atoms with E-state index in [1.807, 2.05) is 76.6 Å². The number of fused-ring (bicyclic) bond motifs is 1. The molecule has 272 valence electrons. The Morgan fingerprint density at radius 1 is 1.13 bits per heavy atom. The van der Waals surface area contributed by atoms with Crippen molar-refractivity contribution in [1.82, 2.24) is 15.1 Å². The first-order valence-electron chi connectivity index (χ1n) is 17.4. The molecular formula is C40H42Cl2IN5O3S. The van der Waals surface area contributed by atoms with Gasteiger partial charge < -0.3 is 19.9 Å². The van der Waals surface area contributed by atoms with Gasteiger partial charge in [-0.3, -0.25) is 9.00 Å². The fourth-order valence-electron chi connectivity index (χ4n) is 7.36. The Bertz CT molecular complexity index is 2090. The molecule has 6 rings (SSSR count). The number of carbonyl (C=O) groups excluding carboxylic acids is 1. The van der Waals surface area contributed by atoms with Crippen LogP contribution < -0.4 is 10.1 Å². The van der Waals surface area contributed by atoms with Crippen molar-refractivity contribution >= 4 is 81.7 Å². The molecule has 12 heteroatoms. The summed E-state index contributed by atoms with van der Waals surface area (Å²) in [6.07, 6.45) is 5.00. The lowest BCUT2D eigenvalue weighted by Gasteiger charge is -2.35. The summed E-state index contributed by atoms with van der Waals surface area (Å²) in [5.41, 5.74) is 4.03. The quantitative estimate of drug-likeness (QED) is 0.136. The Morgan fingerprint density at radius 3 is 2.60 bits per heavy atom. The highest BCUT2D eigenvalue weighted by molar-refractivity contribution is 14.2. The molecular weight excluding hydrogens is 828 g/mol. The Morgan fingerprint density at radius 2 is 1.92 bits per heavy atom. The van der Waals surface area contributed by atoms with E-state index < -0.39 is 31.8 Å². The maximum absolute atomic E-state index is 14.9. The van der Waals surface area contributed by atoms with E-state index in [0.717, 1.165) is 82.8 Å². The number of nitrogens with one attached hydrogen (secondary N) is 1. The lowest BCUT2D eigenvalue weighted by molar-refractivity contribution is 0.0765. The van der Waals surface area contributed by atoms with Gasteiger partial charge in [0.05, 0.1) is 55.8 Å². The van der Waals surface area contributed by atoms with Gasteiger partial charge in [-0.1, -0.05) is 66.5 Å². The van der Waals surface area contributed by atoms with Gasteiger partial charge in [0, 0.05) is 44.6 Å². The second-order valence-electron chi connectivity index (χ2n) is 13.2. The molecule has 4 aromatic rings. The summed E-state index contributed by atoms with van der Waals surface area (Å²) in [5.74, 6) is 1.66. The Kier molecular flexibility index (Phi) is 13.0. The van der Waals surface area contributed by atoms with Crippen molar-refractivity contribution < 1.29 is 13.7 Å². The molecule has 0 bridgehead atoms. The van der Waals surface area contributed by atoms with Crippen LogP contribution >= 0.6 is 44.2 Å². The maximum Gasteiger partial charge on any atom is 0.255 e. The van der Waals surface area contributed by atoms with Gasteiger partial charge in [-0.25, -0.2) is 3.21 Å². The number of carbonyl (C=O) groups is 1. The van der Waals surface area contributed by atoms with Gasteiger partial charge in [-0.15, -0.1) is 0 Å². The van der Waals surface area contributed by atoms with Gasteiger partial charge in [0.15, 0.2) is 0 Å². The molecule has 8 nitrogen and oxygen atoms in total. The number of piperidine rings is 1. The van der Waals surface area contributed by atoms with Crippen molar-refractivity contribution in [2.75, 3.05) is 46.1 Å². The van der Waals surface area contributed by atoms with Crippen molar-refractivity contribution in [1.29, 1.82) is 5.26 Å². The number of methoxy groups -OCH3 is 1. The van der Waals surface area contributed by atoms with Crippen molar-refractivity contribution in [3.63, 3.8) is 0 Å². The number of ether oxygens (including phenoxy) is 1. The lowest BCUT2D eigenvalue weighted by atomic mass is 9.88. The molecule has 2 aliphatic heterocycles. The summed E-state index contributed by atoms with van der Waals surface area (Å²) < 4.78 is 24.8. The van der Waals surface area contributed by atoms with Crippen molar-refractivity contribution in [3.05, 3.63) is 105 Å². The SMILES string of the molecule is CCc1c(C#N)cc2ccccc2c1C(=O)N(CC1=NI=CN1)C[C@@H](CCN1CCC(c2ccc(OC)cc2[S@@](C)=O)CC1)c1ccc(Cl)c(Cl)c1. The Balaban J connectivity index is 1.27. The highest BCUT2D eigenvalue weighted by atomic mass is 127. The van der Waals surface area contributed by atoms with Gasteiger partial charge in [0.1, 0.15) is 11.6 Å². The number of hydrogen-bond donors (Lipinski definition) is 1. The van der Waals surface area contributed by atoms with Crippen LogP contribution in [0.25, 0.3) is 10.8 Å². The first-order valence-corrected chi connectivity index (χ1v) is 21.9. The van der Waals surface area contributed by atoms with Gasteiger partial charge in [-0.2, -0.15) is 5.26 Å². The molecule has 1 N–H and O–H groups in total. The van der Waals surface area contributed by atoms with Gasteiger partial charge in [0.25, 0.3) is 5.91 Å². The molecule has 0 spiro atoms. The second-order valence-corrected chi connectivity index (χ2v) is 17.0. The van der Waals surface area contributed by atoms with Crippen LogP contribution in [-0.4, -0.2) is 76.0 Å². The minimum absolute atomic E-state index is 0.0525. The van der Waals surface area contributed by atoms with Crippen LogP contribution in [0.5, 0.6) is 5.75 Å². The van der Waals surface area contributed by atoms with E-state index in [2.05, 4.69) is 22.4 Å². The molecule has 2 atom stereocenters. The monoisotopic (exact) mass is 869 g/mol. The summed E-state index contributed by atoms with van der Waals surface area (Å²) >= 11 is 12.5. The van der Waals surface area contributed by atoms with E-state index in [-0.39, 0.29) is 11.8 Å². The number of nitrogens with zero attached hydrogens (tertiary/aromatic N) is 4. The van der Waals surface area contributed by atoms with Crippen molar-refractivity contribution in [3.8, 4) is 11.8 Å². The summed E-state index contributed by atoms with van der Waals surface area (Å²) in [6.45, 7) is 5.41. The number of likely N-dealkylation sites (tertiary alicyclic amines) is 1. The minimum Gasteiger partial charge on any atom is -0.497 e. The van der Waals surface area contributed by atoms with Crippen LogP contribution in [0.15, 0.2) is 74.8 Å². The van der Waals surface area contributed by atoms with Crippen LogP contribution in [0.4, 0.5) is 0 Å². The largest absolute Gasteiger partial charge is 0.497 e. The molecule has 52 heavy (non-hydrogen) atoms. The molecule has 0 aliphatic carbocycles. The van der Waals surface area contributed by atoms with Crippen molar-refractivity contribution in [2.24, 2.45) is 3.21 Å². The topological polar surface area (TPSA) is 98.0 Å². The normalized spacial score (nSPS) is 16.0. The van der Waals surface area contributed by atoms with E-state index >= 15 is 0 Å². The van der Waals surface area contributed by atoms with Gasteiger partial charge in [0.2, 0.25) is 0 Å². The van der Waals surface area contributed by atoms with Gasteiger partial charge in [-0.05, 0) is 109 Å². The predicted molar refractivity (Wildman–Crippen MR) is 222 cm³/mol. The van der Waals surface area contributed by atoms with E-state index in [9.17, 15) is 14.3 Å². The van der Waals surface area contributed by atoms with Gasteiger partial charge >= 0.3 is 0 Å². The third kappa shape index (κ3) is 8.71. The summed E-state index contributed by atoms with van der Waals surface area (Å²) in [4.78, 5) is 20.2. The Hall–Kier alpha value is -3.34. The van der Waals surface area contributed by atoms with Crippen molar-refractivity contribution in [2.45, 2.75) is 49.3 Å². The highest BCUT2D eigenvalue weighted by Crippen LogP contribution is 2.36. The number of rotatable bonds is 13. The number of halogens is 3. The molecule has 0 radical (unpaired) electrons. The molecule has 1 amide bonds. The average Bonchev–Trinajstić information content (AvgIpc) is 3.69. The molecule has 4 aromatic carbocycles. The van der Waals surface area contributed by atoms with Crippen LogP contribution in [0, 0.1) is 11.3 Å².